The van der Waals surface area contributed by atoms with Crippen LogP contribution in [0.1, 0.15) is 32.4 Å². The van der Waals surface area contributed by atoms with Crippen LogP contribution in [0.3, 0.4) is 0 Å². The van der Waals surface area contributed by atoms with Gasteiger partial charge in [0.05, 0.1) is 6.61 Å². The molecule has 0 bridgehead atoms. The first-order valence-corrected chi connectivity index (χ1v) is 7.29. The lowest BCUT2D eigenvalue weighted by molar-refractivity contribution is 0.271. The van der Waals surface area contributed by atoms with Crippen LogP contribution in [-0.2, 0) is 0 Å². The van der Waals surface area contributed by atoms with Crippen molar-refractivity contribution in [3.05, 3.63) is 59.9 Å². The minimum Gasteiger partial charge on any atom is -0.493 e. The molecule has 0 aliphatic carbocycles. The summed E-state index contributed by atoms with van der Waals surface area (Å²) >= 11 is 0. The number of hydrogen-bond acceptors (Lipinski definition) is 2. The lowest BCUT2D eigenvalue weighted by Crippen LogP contribution is -2.07. The van der Waals surface area contributed by atoms with Crippen molar-refractivity contribution in [3.8, 4) is 5.75 Å². The number of hydrogen-bond donors (Lipinski definition) is 1. The van der Waals surface area contributed by atoms with E-state index in [1.54, 1.807) is 12.1 Å². The van der Waals surface area contributed by atoms with Crippen LogP contribution in [0, 0.1) is 11.7 Å². The number of anilines is 1. The molecular formula is C18H22FNO. The van der Waals surface area contributed by atoms with Crippen LogP contribution < -0.4 is 10.1 Å². The average molecular weight is 287 g/mol. The maximum absolute atomic E-state index is 12.9. The summed E-state index contributed by atoms with van der Waals surface area (Å²) in [5, 5.41) is 3.40. The zero-order chi connectivity index (χ0) is 15.2. The molecule has 0 saturated carbocycles. The molecule has 112 valence electrons. The molecule has 0 heterocycles. The number of halogens is 1. The predicted molar refractivity (Wildman–Crippen MR) is 85.2 cm³/mol. The molecule has 0 fully saturated rings. The van der Waals surface area contributed by atoms with Crippen molar-refractivity contribution in [2.75, 3.05) is 11.9 Å². The molecule has 1 N–H and O–H groups in total. The van der Waals surface area contributed by atoms with Crippen molar-refractivity contribution >= 4 is 5.69 Å². The highest BCUT2D eigenvalue weighted by molar-refractivity contribution is 5.49. The first kappa shape index (κ1) is 15.4. The van der Waals surface area contributed by atoms with Crippen LogP contribution in [0.5, 0.6) is 5.75 Å². The van der Waals surface area contributed by atoms with Crippen molar-refractivity contribution in [1.82, 2.24) is 0 Å². The minimum atomic E-state index is -0.213. The molecule has 21 heavy (non-hydrogen) atoms. The van der Waals surface area contributed by atoms with E-state index in [1.165, 1.54) is 12.1 Å². The highest BCUT2D eigenvalue weighted by Gasteiger charge is 2.06. The molecule has 0 saturated heterocycles. The van der Waals surface area contributed by atoms with E-state index in [0.29, 0.717) is 12.5 Å². The molecule has 1 atom stereocenters. The Bertz CT molecular complexity index is 566. The van der Waals surface area contributed by atoms with Gasteiger partial charge >= 0.3 is 0 Å². The summed E-state index contributed by atoms with van der Waals surface area (Å²) in [6, 6.07) is 14.6. The van der Waals surface area contributed by atoms with E-state index < -0.39 is 0 Å². The van der Waals surface area contributed by atoms with Crippen LogP contribution >= 0.6 is 0 Å². The van der Waals surface area contributed by atoms with Gasteiger partial charge in [-0.25, -0.2) is 4.39 Å². The summed E-state index contributed by atoms with van der Waals surface area (Å²) in [6.07, 6.45) is 0. The maximum atomic E-state index is 12.9. The molecule has 0 amide bonds. The Hall–Kier alpha value is -2.03. The van der Waals surface area contributed by atoms with Gasteiger partial charge in [-0.3, -0.25) is 0 Å². The fourth-order valence-corrected chi connectivity index (χ4v) is 2.02. The Morgan fingerprint density at radius 2 is 1.76 bits per heavy atom. The van der Waals surface area contributed by atoms with E-state index in [4.69, 9.17) is 4.74 Å². The molecule has 0 radical (unpaired) electrons. The van der Waals surface area contributed by atoms with Gasteiger partial charge in [-0.05, 0) is 42.7 Å². The van der Waals surface area contributed by atoms with Gasteiger partial charge in [0.25, 0.3) is 0 Å². The third kappa shape index (κ3) is 4.78. The molecular weight excluding hydrogens is 265 g/mol. The lowest BCUT2D eigenvalue weighted by atomic mass is 10.1. The van der Waals surface area contributed by atoms with Gasteiger partial charge in [0.1, 0.15) is 11.6 Å². The van der Waals surface area contributed by atoms with Crippen molar-refractivity contribution in [1.29, 1.82) is 0 Å². The van der Waals surface area contributed by atoms with E-state index in [9.17, 15) is 4.39 Å². The van der Waals surface area contributed by atoms with E-state index in [2.05, 4.69) is 26.1 Å². The van der Waals surface area contributed by atoms with E-state index in [1.807, 2.05) is 24.3 Å². The minimum absolute atomic E-state index is 0.103. The number of benzene rings is 2. The molecule has 2 nitrogen and oxygen atoms in total. The number of nitrogens with one attached hydrogen (secondary N) is 1. The van der Waals surface area contributed by atoms with E-state index >= 15 is 0 Å². The quantitative estimate of drug-likeness (QED) is 0.804. The first-order valence-electron chi connectivity index (χ1n) is 7.29. The normalized spacial score (nSPS) is 12.2. The van der Waals surface area contributed by atoms with Gasteiger partial charge < -0.3 is 10.1 Å². The number of rotatable bonds is 6. The monoisotopic (exact) mass is 287 g/mol. The molecule has 0 aliphatic rings. The smallest absolute Gasteiger partial charge is 0.123 e. The first-order chi connectivity index (χ1) is 10.0. The Morgan fingerprint density at radius 1 is 1.05 bits per heavy atom. The van der Waals surface area contributed by atoms with Crippen molar-refractivity contribution in [3.63, 3.8) is 0 Å². The van der Waals surface area contributed by atoms with E-state index in [0.717, 1.165) is 17.0 Å². The summed E-state index contributed by atoms with van der Waals surface area (Å²) < 4.78 is 18.7. The topological polar surface area (TPSA) is 21.3 Å². The van der Waals surface area contributed by atoms with Crippen LogP contribution in [0.2, 0.25) is 0 Å². The summed E-state index contributed by atoms with van der Waals surface area (Å²) in [5.74, 6) is 1.15. The second-order valence-electron chi connectivity index (χ2n) is 5.65. The molecule has 0 spiro atoms. The Morgan fingerprint density at radius 3 is 2.43 bits per heavy atom. The molecule has 2 aromatic rings. The van der Waals surface area contributed by atoms with E-state index in [-0.39, 0.29) is 11.9 Å². The van der Waals surface area contributed by atoms with Crippen LogP contribution in [0.15, 0.2) is 48.5 Å². The predicted octanol–water partition coefficient (Wildman–Crippen LogP) is 5.03. The zero-order valence-electron chi connectivity index (χ0n) is 12.8. The second-order valence-corrected chi connectivity index (χ2v) is 5.65. The highest BCUT2D eigenvalue weighted by Crippen LogP contribution is 2.23. The van der Waals surface area contributed by atoms with Gasteiger partial charge in [0, 0.05) is 17.8 Å². The van der Waals surface area contributed by atoms with Gasteiger partial charge in [-0.1, -0.05) is 32.0 Å². The highest BCUT2D eigenvalue weighted by atomic mass is 19.1. The second kappa shape index (κ2) is 7.11. The molecule has 3 heteroatoms. The van der Waals surface area contributed by atoms with Crippen molar-refractivity contribution in [2.45, 2.75) is 26.8 Å². The van der Waals surface area contributed by atoms with Crippen molar-refractivity contribution in [2.24, 2.45) is 5.92 Å². The molecule has 0 aliphatic heterocycles. The van der Waals surface area contributed by atoms with Gasteiger partial charge in [0.15, 0.2) is 0 Å². The summed E-state index contributed by atoms with van der Waals surface area (Å²) in [6.45, 7) is 7.00. The standard InChI is InChI=1S/C18H22FNO/c1-13(2)12-21-18-6-4-5-17(11-18)20-14(3)15-7-9-16(19)10-8-15/h4-11,13-14,20H,12H2,1-3H3. The molecule has 2 aromatic carbocycles. The van der Waals surface area contributed by atoms with Crippen LogP contribution in [0.4, 0.5) is 10.1 Å². The third-order valence-corrected chi connectivity index (χ3v) is 3.17. The largest absolute Gasteiger partial charge is 0.493 e. The van der Waals surface area contributed by atoms with Gasteiger partial charge in [0.2, 0.25) is 0 Å². The Kier molecular flexibility index (Phi) is 5.20. The summed E-state index contributed by atoms with van der Waals surface area (Å²) in [7, 11) is 0. The number of ether oxygens (including phenoxy) is 1. The average Bonchev–Trinajstić information content (AvgIpc) is 2.46. The van der Waals surface area contributed by atoms with Gasteiger partial charge in [-0.2, -0.15) is 0 Å². The van der Waals surface area contributed by atoms with Crippen LogP contribution in [-0.4, -0.2) is 6.61 Å². The summed E-state index contributed by atoms with van der Waals surface area (Å²) in [5.41, 5.74) is 2.04. The fraction of sp³-hybridized carbons (Fsp3) is 0.333. The SMILES string of the molecule is CC(C)COc1cccc(NC(C)c2ccc(F)cc2)c1. The molecule has 1 unspecified atom stereocenters. The third-order valence-electron chi connectivity index (χ3n) is 3.17. The fourth-order valence-electron chi connectivity index (χ4n) is 2.02. The Balaban J connectivity index is 2.01. The van der Waals surface area contributed by atoms with Crippen LogP contribution in [0.25, 0.3) is 0 Å². The lowest BCUT2D eigenvalue weighted by Gasteiger charge is -2.17. The zero-order valence-corrected chi connectivity index (χ0v) is 12.8. The van der Waals surface area contributed by atoms with Gasteiger partial charge in [-0.15, -0.1) is 0 Å². The molecule has 0 aromatic heterocycles. The Labute approximate surface area is 126 Å². The van der Waals surface area contributed by atoms with Crippen molar-refractivity contribution < 1.29 is 9.13 Å². The maximum Gasteiger partial charge on any atom is 0.123 e. The summed E-state index contributed by atoms with van der Waals surface area (Å²) in [4.78, 5) is 0. The molecule has 2 rings (SSSR count).